The van der Waals surface area contributed by atoms with Gasteiger partial charge in [-0.1, -0.05) is 13.0 Å². The third-order valence-corrected chi connectivity index (χ3v) is 3.38. The van der Waals surface area contributed by atoms with E-state index in [1.165, 1.54) is 0 Å². The Kier molecular flexibility index (Phi) is 3.98. The maximum absolute atomic E-state index is 11.3. The van der Waals surface area contributed by atoms with E-state index in [1.54, 1.807) is 7.11 Å². The predicted octanol–water partition coefficient (Wildman–Crippen LogP) is 3.04. The molecule has 1 aliphatic heterocycles. The Labute approximate surface area is 113 Å². The van der Waals surface area contributed by atoms with Gasteiger partial charge in [-0.2, -0.15) is 0 Å². The van der Waals surface area contributed by atoms with Crippen molar-refractivity contribution in [3.8, 4) is 11.5 Å². The first-order valence-corrected chi connectivity index (χ1v) is 6.62. The van der Waals surface area contributed by atoms with Gasteiger partial charge in [0.2, 0.25) is 0 Å². The highest BCUT2D eigenvalue weighted by molar-refractivity contribution is 5.72. The van der Waals surface area contributed by atoms with Gasteiger partial charge >= 0.3 is 5.97 Å². The summed E-state index contributed by atoms with van der Waals surface area (Å²) in [6.45, 7) is 4.62. The number of hydrogen-bond donors (Lipinski definition) is 0. The maximum Gasteiger partial charge on any atom is 0.306 e. The van der Waals surface area contributed by atoms with Crippen molar-refractivity contribution in [2.45, 2.75) is 38.7 Å². The Balaban J connectivity index is 2.29. The monoisotopic (exact) mass is 264 g/mol. The summed E-state index contributed by atoms with van der Waals surface area (Å²) in [5.74, 6) is 1.26. The van der Waals surface area contributed by atoms with Crippen molar-refractivity contribution in [2.24, 2.45) is 0 Å². The van der Waals surface area contributed by atoms with Crippen LogP contribution in [0.25, 0.3) is 0 Å². The van der Waals surface area contributed by atoms with E-state index in [0.717, 1.165) is 12.0 Å². The summed E-state index contributed by atoms with van der Waals surface area (Å²) >= 11 is 0. The van der Waals surface area contributed by atoms with Gasteiger partial charge in [-0.05, 0) is 31.0 Å². The highest BCUT2D eigenvalue weighted by Crippen LogP contribution is 2.40. The van der Waals surface area contributed by atoms with Gasteiger partial charge in [0.15, 0.2) is 11.5 Å². The second-order valence-electron chi connectivity index (χ2n) is 4.92. The molecule has 19 heavy (non-hydrogen) atoms. The Bertz CT molecular complexity index is 469. The summed E-state index contributed by atoms with van der Waals surface area (Å²) in [4.78, 5) is 11.3. The quantitative estimate of drug-likeness (QED) is 0.767. The van der Waals surface area contributed by atoms with E-state index in [4.69, 9.17) is 14.2 Å². The van der Waals surface area contributed by atoms with Crippen molar-refractivity contribution in [1.82, 2.24) is 0 Å². The molecular formula is C15H20O4. The van der Waals surface area contributed by atoms with Gasteiger partial charge in [0, 0.05) is 12.8 Å². The maximum atomic E-state index is 11.3. The average Bonchev–Trinajstić information content (AvgIpc) is 2.77. The lowest BCUT2D eigenvalue weighted by molar-refractivity contribution is -0.147. The molecule has 1 aromatic rings. The Hall–Kier alpha value is -1.71. The number of ether oxygens (including phenoxy) is 3. The normalized spacial score (nSPS) is 22.2. The molecule has 0 saturated carbocycles. The van der Waals surface area contributed by atoms with Crippen LogP contribution in [0.1, 0.15) is 38.7 Å². The molecule has 104 valence electrons. The molecule has 0 N–H and O–H groups in total. The standard InChI is InChI=1S/C15H20O4/c1-4-9-18-13-10-11(5-6-12(13)17-3)15(2)8-7-14(16)19-15/h5-6,10H,4,7-9H2,1-3H3/t15-/m1/s1. The Morgan fingerprint density at radius 1 is 1.37 bits per heavy atom. The van der Waals surface area contributed by atoms with Crippen molar-refractivity contribution >= 4 is 5.97 Å². The minimum atomic E-state index is -0.548. The molecule has 1 saturated heterocycles. The Morgan fingerprint density at radius 2 is 2.16 bits per heavy atom. The first-order chi connectivity index (χ1) is 9.09. The number of esters is 1. The molecule has 1 aromatic carbocycles. The summed E-state index contributed by atoms with van der Waals surface area (Å²) < 4.78 is 16.4. The zero-order valence-corrected chi connectivity index (χ0v) is 11.7. The molecule has 4 heteroatoms. The van der Waals surface area contributed by atoms with Crippen LogP contribution in [-0.2, 0) is 15.1 Å². The number of benzene rings is 1. The van der Waals surface area contributed by atoms with Gasteiger partial charge < -0.3 is 14.2 Å². The highest BCUT2D eigenvalue weighted by atomic mass is 16.6. The lowest BCUT2D eigenvalue weighted by atomic mass is 9.92. The number of carbonyl (C=O) groups is 1. The van der Waals surface area contributed by atoms with Crippen LogP contribution in [0.5, 0.6) is 11.5 Å². The van der Waals surface area contributed by atoms with Crippen LogP contribution < -0.4 is 9.47 Å². The van der Waals surface area contributed by atoms with Crippen molar-refractivity contribution in [1.29, 1.82) is 0 Å². The van der Waals surface area contributed by atoms with E-state index in [2.05, 4.69) is 6.92 Å². The molecule has 1 heterocycles. The summed E-state index contributed by atoms with van der Waals surface area (Å²) in [5, 5.41) is 0. The van der Waals surface area contributed by atoms with Crippen molar-refractivity contribution in [2.75, 3.05) is 13.7 Å². The minimum Gasteiger partial charge on any atom is -0.493 e. The first kappa shape index (κ1) is 13.7. The fourth-order valence-corrected chi connectivity index (χ4v) is 2.23. The zero-order valence-electron chi connectivity index (χ0n) is 11.7. The average molecular weight is 264 g/mol. The lowest BCUT2D eigenvalue weighted by Gasteiger charge is -2.24. The summed E-state index contributed by atoms with van der Waals surface area (Å²) in [6, 6.07) is 5.70. The van der Waals surface area contributed by atoms with Crippen LogP contribution in [0.2, 0.25) is 0 Å². The molecular weight excluding hydrogens is 244 g/mol. The topological polar surface area (TPSA) is 44.8 Å². The molecule has 0 bridgehead atoms. The molecule has 0 radical (unpaired) electrons. The van der Waals surface area contributed by atoms with Crippen LogP contribution in [-0.4, -0.2) is 19.7 Å². The van der Waals surface area contributed by atoms with Gasteiger partial charge in [-0.25, -0.2) is 0 Å². The van der Waals surface area contributed by atoms with E-state index in [0.29, 0.717) is 30.9 Å². The van der Waals surface area contributed by atoms with Gasteiger partial charge in [0.1, 0.15) is 5.60 Å². The van der Waals surface area contributed by atoms with Crippen molar-refractivity contribution in [3.05, 3.63) is 23.8 Å². The molecule has 4 nitrogen and oxygen atoms in total. The Morgan fingerprint density at radius 3 is 2.74 bits per heavy atom. The number of carbonyl (C=O) groups excluding carboxylic acids is 1. The van der Waals surface area contributed by atoms with Crippen LogP contribution in [0.15, 0.2) is 18.2 Å². The van der Waals surface area contributed by atoms with Crippen molar-refractivity contribution in [3.63, 3.8) is 0 Å². The second kappa shape index (κ2) is 5.51. The van der Waals surface area contributed by atoms with Crippen LogP contribution in [0, 0.1) is 0 Å². The SMILES string of the molecule is CCCOc1cc([C@@]2(C)CCC(=O)O2)ccc1OC. The summed E-state index contributed by atoms with van der Waals surface area (Å²) in [6.07, 6.45) is 2.10. The largest absolute Gasteiger partial charge is 0.493 e. The molecule has 2 rings (SSSR count). The minimum absolute atomic E-state index is 0.144. The smallest absolute Gasteiger partial charge is 0.306 e. The van der Waals surface area contributed by atoms with Crippen LogP contribution in [0.4, 0.5) is 0 Å². The third-order valence-electron chi connectivity index (χ3n) is 3.38. The number of cyclic esters (lactones) is 1. The van der Waals surface area contributed by atoms with E-state index in [9.17, 15) is 4.79 Å². The highest BCUT2D eigenvalue weighted by Gasteiger charge is 2.37. The number of methoxy groups -OCH3 is 1. The van der Waals surface area contributed by atoms with Crippen LogP contribution in [0.3, 0.4) is 0 Å². The molecule has 0 amide bonds. The van der Waals surface area contributed by atoms with Gasteiger partial charge in [-0.3, -0.25) is 4.79 Å². The van der Waals surface area contributed by atoms with Gasteiger partial charge in [-0.15, -0.1) is 0 Å². The second-order valence-corrected chi connectivity index (χ2v) is 4.92. The zero-order chi connectivity index (χ0) is 13.9. The number of hydrogen-bond acceptors (Lipinski definition) is 4. The van der Waals surface area contributed by atoms with Crippen molar-refractivity contribution < 1.29 is 19.0 Å². The van der Waals surface area contributed by atoms with E-state index < -0.39 is 5.60 Å². The van der Waals surface area contributed by atoms with Gasteiger partial charge in [0.25, 0.3) is 0 Å². The van der Waals surface area contributed by atoms with E-state index >= 15 is 0 Å². The molecule has 1 fully saturated rings. The summed E-state index contributed by atoms with van der Waals surface area (Å²) in [7, 11) is 1.62. The third kappa shape index (κ3) is 2.83. The number of rotatable bonds is 5. The van der Waals surface area contributed by atoms with Crippen LogP contribution >= 0.6 is 0 Å². The molecule has 1 aliphatic rings. The fraction of sp³-hybridized carbons (Fsp3) is 0.533. The molecule has 0 aliphatic carbocycles. The fourth-order valence-electron chi connectivity index (χ4n) is 2.23. The van der Waals surface area contributed by atoms with E-state index in [1.807, 2.05) is 25.1 Å². The molecule has 0 aromatic heterocycles. The first-order valence-electron chi connectivity index (χ1n) is 6.62. The molecule has 1 atom stereocenters. The lowest BCUT2D eigenvalue weighted by Crippen LogP contribution is -2.21. The molecule has 0 spiro atoms. The summed E-state index contributed by atoms with van der Waals surface area (Å²) in [5.41, 5.74) is 0.401. The van der Waals surface area contributed by atoms with Gasteiger partial charge in [0.05, 0.1) is 13.7 Å². The molecule has 0 unspecified atom stereocenters. The van der Waals surface area contributed by atoms with E-state index in [-0.39, 0.29) is 5.97 Å². The predicted molar refractivity (Wildman–Crippen MR) is 71.5 cm³/mol.